The lowest BCUT2D eigenvalue weighted by atomic mass is 10.2. The first-order chi connectivity index (χ1) is 9.40. The third-order valence-electron chi connectivity index (χ3n) is 2.63. The largest absolute Gasteiger partial charge is 0.282 e. The fraction of sp³-hybridized carbons (Fsp3) is 0.0714. The van der Waals surface area contributed by atoms with E-state index in [0.29, 0.717) is 10.6 Å². The number of benzene rings is 2. The molecular weight excluding hydrogens is 317 g/mol. The molecule has 0 aliphatic rings. The molecule has 0 aliphatic heterocycles. The Morgan fingerprint density at radius 1 is 1.05 bits per heavy atom. The van der Waals surface area contributed by atoms with Gasteiger partial charge in [-0.1, -0.05) is 53.0 Å². The average Bonchev–Trinajstić information content (AvgIpc) is 2.41. The third kappa shape index (κ3) is 3.39. The summed E-state index contributed by atoms with van der Waals surface area (Å²) < 4.78 is 27.7. The van der Waals surface area contributed by atoms with Crippen molar-refractivity contribution in [3.05, 3.63) is 63.6 Å². The van der Waals surface area contributed by atoms with Gasteiger partial charge >= 0.3 is 0 Å². The van der Waals surface area contributed by atoms with Crippen LogP contribution in [0.1, 0.15) is 11.1 Å². The fourth-order valence-electron chi connectivity index (χ4n) is 1.52. The zero-order chi connectivity index (χ0) is 14.8. The van der Waals surface area contributed by atoms with E-state index in [2.05, 4.69) is 4.40 Å². The molecule has 0 fully saturated rings. The topological polar surface area (TPSA) is 46.5 Å². The SMILES string of the molecule is Cc1ccc(S(=O)(=O)/N=C/c2cccc(Cl)c2Cl)cc1. The maximum Gasteiger partial charge on any atom is 0.282 e. The van der Waals surface area contributed by atoms with E-state index in [1.807, 2.05) is 6.92 Å². The molecule has 2 rings (SSSR count). The smallest absolute Gasteiger partial charge is 0.199 e. The minimum atomic E-state index is -3.74. The molecule has 104 valence electrons. The fourth-order valence-corrected chi connectivity index (χ4v) is 2.73. The highest BCUT2D eigenvalue weighted by molar-refractivity contribution is 7.90. The van der Waals surface area contributed by atoms with Crippen LogP contribution in [0.25, 0.3) is 0 Å². The highest BCUT2D eigenvalue weighted by atomic mass is 35.5. The van der Waals surface area contributed by atoms with Gasteiger partial charge in [0.15, 0.2) is 0 Å². The first kappa shape index (κ1) is 15.0. The molecule has 0 unspecified atom stereocenters. The Balaban J connectivity index is 2.35. The maximum atomic E-state index is 12.0. The predicted octanol–water partition coefficient (Wildman–Crippen LogP) is 4.11. The van der Waals surface area contributed by atoms with Gasteiger partial charge < -0.3 is 0 Å². The first-order valence-electron chi connectivity index (χ1n) is 5.71. The number of nitrogens with zero attached hydrogens (tertiary/aromatic N) is 1. The van der Waals surface area contributed by atoms with E-state index in [1.165, 1.54) is 18.3 Å². The van der Waals surface area contributed by atoms with E-state index >= 15 is 0 Å². The highest BCUT2D eigenvalue weighted by Crippen LogP contribution is 2.24. The van der Waals surface area contributed by atoms with Crippen LogP contribution in [0.15, 0.2) is 51.8 Å². The Kier molecular flexibility index (Phi) is 4.48. The number of aryl methyl sites for hydroxylation is 1. The second-order valence-electron chi connectivity index (χ2n) is 4.17. The van der Waals surface area contributed by atoms with E-state index in [9.17, 15) is 8.42 Å². The number of hydrogen-bond donors (Lipinski definition) is 0. The molecule has 0 saturated heterocycles. The van der Waals surface area contributed by atoms with Crippen molar-refractivity contribution >= 4 is 39.4 Å². The highest BCUT2D eigenvalue weighted by Gasteiger charge is 2.11. The molecule has 0 amide bonds. The lowest BCUT2D eigenvalue weighted by Crippen LogP contribution is -1.98. The van der Waals surface area contributed by atoms with Gasteiger partial charge in [0.2, 0.25) is 0 Å². The quantitative estimate of drug-likeness (QED) is 0.796. The summed E-state index contributed by atoms with van der Waals surface area (Å²) in [6, 6.07) is 11.4. The van der Waals surface area contributed by atoms with Crippen LogP contribution in [0.2, 0.25) is 10.0 Å². The van der Waals surface area contributed by atoms with E-state index in [-0.39, 0.29) is 9.92 Å². The van der Waals surface area contributed by atoms with Crippen LogP contribution in [0.3, 0.4) is 0 Å². The molecule has 0 heterocycles. The lowest BCUT2D eigenvalue weighted by Gasteiger charge is -2.01. The molecule has 0 atom stereocenters. The Bertz CT molecular complexity index is 753. The van der Waals surface area contributed by atoms with Crippen LogP contribution in [0.5, 0.6) is 0 Å². The summed E-state index contributed by atoms with van der Waals surface area (Å²) in [4.78, 5) is 0.137. The van der Waals surface area contributed by atoms with E-state index < -0.39 is 10.0 Å². The van der Waals surface area contributed by atoms with Crippen molar-refractivity contribution in [2.75, 3.05) is 0 Å². The first-order valence-corrected chi connectivity index (χ1v) is 7.91. The average molecular weight is 328 g/mol. The van der Waals surface area contributed by atoms with Crippen molar-refractivity contribution < 1.29 is 8.42 Å². The van der Waals surface area contributed by atoms with Crippen LogP contribution in [0.4, 0.5) is 0 Å². The monoisotopic (exact) mass is 327 g/mol. The van der Waals surface area contributed by atoms with Gasteiger partial charge in [-0.25, -0.2) is 0 Å². The summed E-state index contributed by atoms with van der Waals surface area (Å²) in [5.41, 5.74) is 1.43. The number of halogens is 2. The van der Waals surface area contributed by atoms with Crippen LogP contribution in [0, 0.1) is 6.92 Å². The van der Waals surface area contributed by atoms with Gasteiger partial charge in [0, 0.05) is 11.8 Å². The number of hydrogen-bond acceptors (Lipinski definition) is 2. The summed E-state index contributed by atoms with van der Waals surface area (Å²) in [6.45, 7) is 1.88. The number of sulfonamides is 1. The lowest BCUT2D eigenvalue weighted by molar-refractivity contribution is 0.598. The van der Waals surface area contributed by atoms with Gasteiger partial charge in [-0.15, -0.1) is 0 Å². The van der Waals surface area contributed by atoms with Crippen molar-refractivity contribution in [1.82, 2.24) is 0 Å². The van der Waals surface area contributed by atoms with E-state index in [0.717, 1.165) is 5.56 Å². The normalized spacial score (nSPS) is 11.9. The molecule has 0 radical (unpaired) electrons. The minimum Gasteiger partial charge on any atom is -0.199 e. The number of rotatable bonds is 3. The van der Waals surface area contributed by atoms with E-state index in [1.54, 1.807) is 30.3 Å². The molecule has 0 aromatic heterocycles. The van der Waals surface area contributed by atoms with Crippen LogP contribution in [-0.2, 0) is 10.0 Å². The zero-order valence-electron chi connectivity index (χ0n) is 10.5. The molecule has 2 aromatic rings. The van der Waals surface area contributed by atoms with Gasteiger partial charge in [-0.05, 0) is 25.1 Å². The molecule has 3 nitrogen and oxygen atoms in total. The molecular formula is C14H11Cl2NO2S. The van der Waals surface area contributed by atoms with Gasteiger partial charge in [-0.2, -0.15) is 12.8 Å². The van der Waals surface area contributed by atoms with Crippen LogP contribution in [-0.4, -0.2) is 14.6 Å². The van der Waals surface area contributed by atoms with Gasteiger partial charge in [0.25, 0.3) is 10.0 Å². The summed E-state index contributed by atoms with van der Waals surface area (Å²) in [7, 11) is -3.74. The molecule has 0 saturated carbocycles. The van der Waals surface area contributed by atoms with Crippen LogP contribution >= 0.6 is 23.2 Å². The molecule has 0 bridgehead atoms. The standard InChI is InChI=1S/C14H11Cl2NO2S/c1-10-5-7-12(8-6-10)20(18,19)17-9-11-3-2-4-13(15)14(11)16/h2-9H,1H3/b17-9+. The molecule has 0 aliphatic carbocycles. The minimum absolute atomic E-state index is 0.137. The van der Waals surface area contributed by atoms with Gasteiger partial charge in [-0.3, -0.25) is 0 Å². The van der Waals surface area contributed by atoms with Crippen molar-refractivity contribution in [1.29, 1.82) is 0 Å². The summed E-state index contributed by atoms with van der Waals surface area (Å²) in [6.07, 6.45) is 1.20. The Morgan fingerprint density at radius 2 is 1.70 bits per heavy atom. The van der Waals surface area contributed by atoms with Crippen LogP contribution < -0.4 is 0 Å². The van der Waals surface area contributed by atoms with E-state index in [4.69, 9.17) is 23.2 Å². The molecule has 2 aromatic carbocycles. The van der Waals surface area contributed by atoms with Crippen molar-refractivity contribution in [2.45, 2.75) is 11.8 Å². The van der Waals surface area contributed by atoms with Crippen molar-refractivity contribution in [3.8, 4) is 0 Å². The molecule has 0 N–H and O–H groups in total. The zero-order valence-corrected chi connectivity index (χ0v) is 12.9. The summed E-state index contributed by atoms with van der Waals surface area (Å²) in [5, 5.41) is 0.625. The van der Waals surface area contributed by atoms with Crippen molar-refractivity contribution in [2.24, 2.45) is 4.40 Å². The second kappa shape index (κ2) is 5.95. The Morgan fingerprint density at radius 3 is 2.35 bits per heavy atom. The molecule has 0 spiro atoms. The summed E-state index contributed by atoms with van der Waals surface area (Å²) >= 11 is 11.8. The second-order valence-corrected chi connectivity index (χ2v) is 6.58. The molecule has 6 heteroatoms. The molecule has 20 heavy (non-hydrogen) atoms. The maximum absolute atomic E-state index is 12.0. The Labute approximate surface area is 127 Å². The summed E-state index contributed by atoms with van der Waals surface area (Å²) in [5.74, 6) is 0. The van der Waals surface area contributed by atoms with Gasteiger partial charge in [0.1, 0.15) is 0 Å². The van der Waals surface area contributed by atoms with Crippen molar-refractivity contribution in [3.63, 3.8) is 0 Å². The Hall–Kier alpha value is -1.36. The van der Waals surface area contributed by atoms with Gasteiger partial charge in [0.05, 0.1) is 14.9 Å². The predicted molar refractivity (Wildman–Crippen MR) is 82.4 cm³/mol. The third-order valence-corrected chi connectivity index (χ3v) is 4.72.